The standard InChI is InChI=1S/2C25H19N7O.C18H10N4O2.C7H11N3/c2*1-15-19(2-3-23(28)32-15)14-31-25(33)18-4-5-29-22(10-18)9-16-6-20-8-17(11-26)13-30-24(20)21(7-16)12-27;19-8-12-5-14-3-11(4-15(9-20)17(14)22-10-12)6-16-7-13(18(23)24)1-2-21-16;1-5-6(4-8)2-3-7(9)10-5/h2*2-8,10,13H,9,14H2,1H3,(H2,28,32)(H,31,33);1-5,7,10H,6H2,(H,23,24);2-3H,4,8H2,1H3,(H2,9,10). The van der Waals surface area contributed by atoms with Crippen LogP contribution in [0.1, 0.15) is 132 Å². The van der Waals surface area contributed by atoms with Crippen LogP contribution in [0.15, 0.2) is 165 Å². The molecule has 9 aromatic heterocycles. The molecule has 0 aliphatic rings. The molecule has 3 aromatic carbocycles. The van der Waals surface area contributed by atoms with E-state index in [9.17, 15) is 30.2 Å². The van der Waals surface area contributed by atoms with Crippen molar-refractivity contribution < 1.29 is 19.5 Å². The number of carbonyl (C=O) groups is 3. The van der Waals surface area contributed by atoms with Crippen LogP contribution in [0.5, 0.6) is 0 Å². The Morgan fingerprint density at radius 1 is 0.410 bits per heavy atom. The number of nitriles is 6. The topological polar surface area (TPSA) is 458 Å². The van der Waals surface area contributed by atoms with E-state index in [2.05, 4.69) is 85.8 Å². The number of aromatic nitrogens is 9. The first-order chi connectivity index (χ1) is 48.3. The predicted octanol–water partition coefficient (Wildman–Crippen LogP) is 9.45. The molecular formula is C75H59N21O4. The molecule has 2 amide bonds. The normalized spacial score (nSPS) is 10.3. The zero-order chi connectivity index (χ0) is 71.4. The fourth-order valence-electron chi connectivity index (χ4n) is 10.4. The van der Waals surface area contributed by atoms with Crippen LogP contribution in [0.2, 0.25) is 0 Å². The number of anilines is 3. The molecule has 0 atom stereocenters. The fourth-order valence-corrected chi connectivity index (χ4v) is 10.4. The van der Waals surface area contributed by atoms with Gasteiger partial charge in [-0.2, -0.15) is 31.6 Å². The number of aryl methyl sites for hydroxylation is 3. The van der Waals surface area contributed by atoms with Crippen molar-refractivity contribution >= 4 is 67.9 Å². The van der Waals surface area contributed by atoms with Crippen molar-refractivity contribution in [2.24, 2.45) is 5.73 Å². The number of fused-ring (bicyclic) bond motifs is 3. The maximum atomic E-state index is 12.7. The number of rotatable bonds is 14. The summed E-state index contributed by atoms with van der Waals surface area (Å²) in [7, 11) is 0. The number of hydrogen-bond acceptors (Lipinski definition) is 22. The molecule has 0 saturated heterocycles. The van der Waals surface area contributed by atoms with Gasteiger partial charge in [-0.25, -0.2) is 19.7 Å². The van der Waals surface area contributed by atoms with Crippen LogP contribution in [0.25, 0.3) is 32.7 Å². The minimum absolute atomic E-state index is 0.162. The quantitative estimate of drug-likeness (QED) is 0.0532. The molecule has 0 radical (unpaired) electrons. The Morgan fingerprint density at radius 2 is 0.730 bits per heavy atom. The van der Waals surface area contributed by atoms with Gasteiger partial charge in [-0.3, -0.25) is 39.5 Å². The molecule has 0 aliphatic carbocycles. The smallest absolute Gasteiger partial charge is 0.335 e. The number of nitrogen functional groups attached to an aromatic ring is 3. The van der Waals surface area contributed by atoms with Crippen molar-refractivity contribution in [1.82, 2.24) is 55.5 Å². The van der Waals surface area contributed by atoms with E-state index in [1.165, 1.54) is 36.9 Å². The second-order valence-electron chi connectivity index (χ2n) is 22.4. The first-order valence-electron chi connectivity index (χ1n) is 30.5. The summed E-state index contributed by atoms with van der Waals surface area (Å²) in [6, 6.07) is 48.9. The Labute approximate surface area is 573 Å². The summed E-state index contributed by atoms with van der Waals surface area (Å²) in [6.45, 7) is 6.78. The molecule has 9 heterocycles. The first-order valence-corrected chi connectivity index (χ1v) is 30.5. The van der Waals surface area contributed by atoms with E-state index in [1.54, 1.807) is 91.3 Å². The number of amides is 2. The summed E-state index contributed by atoms with van der Waals surface area (Å²) in [5, 5.41) is 72.6. The first kappa shape index (κ1) is 69.8. The lowest BCUT2D eigenvalue weighted by Gasteiger charge is -2.09. The van der Waals surface area contributed by atoms with Gasteiger partial charge < -0.3 is 38.7 Å². The molecule has 0 fully saturated rings. The zero-order valence-electron chi connectivity index (χ0n) is 54.0. The number of benzene rings is 3. The highest BCUT2D eigenvalue weighted by atomic mass is 16.4. The second-order valence-corrected chi connectivity index (χ2v) is 22.4. The maximum Gasteiger partial charge on any atom is 0.335 e. The molecule has 0 aliphatic heterocycles. The van der Waals surface area contributed by atoms with Crippen molar-refractivity contribution in [2.75, 3.05) is 17.2 Å². The monoisotopic (exact) mass is 1320 g/mol. The lowest BCUT2D eigenvalue weighted by Crippen LogP contribution is -2.23. The van der Waals surface area contributed by atoms with Crippen molar-refractivity contribution in [3.05, 3.63) is 282 Å². The Morgan fingerprint density at radius 3 is 1.03 bits per heavy atom. The van der Waals surface area contributed by atoms with Crippen LogP contribution in [-0.4, -0.2) is 67.7 Å². The van der Waals surface area contributed by atoms with Crippen LogP contribution in [0.4, 0.5) is 17.5 Å². The van der Waals surface area contributed by atoms with E-state index < -0.39 is 5.97 Å². The van der Waals surface area contributed by atoms with Crippen LogP contribution in [0.3, 0.4) is 0 Å². The molecule has 25 heteroatoms. The van der Waals surface area contributed by atoms with Crippen molar-refractivity contribution in [2.45, 2.75) is 59.7 Å². The molecule has 0 unspecified atom stereocenters. The Bertz CT molecular complexity index is 5220. The van der Waals surface area contributed by atoms with Gasteiger partial charge in [-0.05, 0) is 163 Å². The molecule has 12 rings (SSSR count). The maximum absolute atomic E-state index is 12.7. The number of hydrogen-bond donors (Lipinski definition) is 7. The minimum Gasteiger partial charge on any atom is -0.478 e. The van der Waals surface area contributed by atoms with E-state index in [0.717, 1.165) is 50.5 Å². The molecule has 12 aromatic rings. The summed E-state index contributed by atoms with van der Waals surface area (Å²) in [4.78, 5) is 74.4. The van der Waals surface area contributed by atoms with E-state index in [1.807, 2.05) is 63.2 Å². The average Bonchev–Trinajstić information content (AvgIpc) is 0.810. The summed E-state index contributed by atoms with van der Waals surface area (Å²) in [5.74, 6) is -0.0428. The second kappa shape index (κ2) is 32.6. The van der Waals surface area contributed by atoms with Crippen molar-refractivity contribution in [3.8, 4) is 36.4 Å². The van der Waals surface area contributed by atoms with E-state index >= 15 is 0 Å². The Kier molecular flexibility index (Phi) is 22.7. The summed E-state index contributed by atoms with van der Waals surface area (Å²) in [6.07, 6.45) is 10.2. The molecule has 0 saturated carbocycles. The van der Waals surface area contributed by atoms with Gasteiger partial charge in [-0.1, -0.05) is 18.2 Å². The van der Waals surface area contributed by atoms with Gasteiger partial charge in [-0.15, -0.1) is 0 Å². The number of nitrogens with zero attached hydrogens (tertiary/aromatic N) is 15. The van der Waals surface area contributed by atoms with E-state index in [0.29, 0.717) is 151 Å². The number of nitrogens with two attached hydrogens (primary N) is 4. The minimum atomic E-state index is -1.02. The van der Waals surface area contributed by atoms with Gasteiger partial charge in [0.05, 0.1) is 55.5 Å². The molecular weight excluding hydrogens is 1260 g/mol. The Hall–Kier alpha value is -14.5. The number of nitrogens with one attached hydrogen (secondary N) is 2. The van der Waals surface area contributed by atoms with Crippen LogP contribution in [0, 0.1) is 88.8 Å². The van der Waals surface area contributed by atoms with Crippen LogP contribution in [-0.2, 0) is 38.9 Å². The predicted molar refractivity (Wildman–Crippen MR) is 372 cm³/mol. The van der Waals surface area contributed by atoms with Crippen LogP contribution < -0.4 is 33.6 Å². The average molecular weight is 1320 g/mol. The Balaban J connectivity index is 0.000000165. The summed E-state index contributed by atoms with van der Waals surface area (Å²) in [5.41, 5.74) is 37.2. The summed E-state index contributed by atoms with van der Waals surface area (Å²) < 4.78 is 0. The molecule has 100 heavy (non-hydrogen) atoms. The van der Waals surface area contributed by atoms with Crippen LogP contribution >= 0.6 is 0 Å². The van der Waals surface area contributed by atoms with Gasteiger partial charge in [0.15, 0.2) is 0 Å². The van der Waals surface area contributed by atoms with E-state index in [4.69, 9.17) is 43.8 Å². The lowest BCUT2D eigenvalue weighted by molar-refractivity contribution is 0.0696. The molecule has 0 bridgehead atoms. The van der Waals surface area contributed by atoms with Gasteiger partial charge in [0.2, 0.25) is 0 Å². The summed E-state index contributed by atoms with van der Waals surface area (Å²) >= 11 is 0. The fraction of sp³-hybridized carbons (Fsp3) is 0.120. The molecule has 0 spiro atoms. The largest absolute Gasteiger partial charge is 0.478 e. The van der Waals surface area contributed by atoms with Gasteiger partial charge in [0.1, 0.15) is 53.9 Å². The van der Waals surface area contributed by atoms with Gasteiger partial charge >= 0.3 is 5.97 Å². The highest BCUT2D eigenvalue weighted by Crippen LogP contribution is 2.26. The number of carbonyl (C=O) groups excluding carboxylic acids is 2. The molecule has 11 N–H and O–H groups in total. The third kappa shape index (κ3) is 18.0. The third-order valence-corrected chi connectivity index (χ3v) is 15.4. The molecule has 25 nitrogen and oxygen atoms in total. The van der Waals surface area contributed by atoms with Crippen molar-refractivity contribution in [3.63, 3.8) is 0 Å². The van der Waals surface area contributed by atoms with E-state index in [-0.39, 0.29) is 17.4 Å². The number of carboxylic acid groups (broad SMARTS) is 1. The van der Waals surface area contributed by atoms with Gasteiger partial charge in [0.25, 0.3) is 11.8 Å². The number of aromatic carboxylic acids is 1. The lowest BCUT2D eigenvalue weighted by atomic mass is 10.0. The number of carboxylic acids is 1. The molecule has 488 valence electrons. The third-order valence-electron chi connectivity index (χ3n) is 15.4. The number of pyridine rings is 9. The zero-order valence-corrected chi connectivity index (χ0v) is 54.0. The SMILES string of the molecule is Cc1nc(N)ccc1CN.Cc1nc(N)ccc1CNC(=O)c1ccnc(Cc2cc(C#N)c3ncc(C#N)cc3c2)c1.Cc1nc(N)ccc1CNC(=O)c1ccnc(Cc2cc(C#N)c3ncc(C#N)cc3c2)c1.N#Cc1cnc2c(C#N)cc(Cc3cc(C(=O)O)ccn3)cc2c1. The highest BCUT2D eigenvalue weighted by Gasteiger charge is 2.16. The highest BCUT2D eigenvalue weighted by molar-refractivity contribution is 5.95. The van der Waals surface area contributed by atoms with Crippen molar-refractivity contribution in [1.29, 1.82) is 31.6 Å². The van der Waals surface area contributed by atoms with Gasteiger partial charge in [0, 0.05) is 138 Å².